The van der Waals surface area contributed by atoms with E-state index in [2.05, 4.69) is 29.2 Å². The van der Waals surface area contributed by atoms with E-state index in [9.17, 15) is 4.79 Å². The SMILES string of the molecule is Cc1ccc(OCCCCc2ccccc2)c(C=O)n1. The summed E-state index contributed by atoms with van der Waals surface area (Å²) in [4.78, 5) is 15.1. The Labute approximate surface area is 119 Å². The van der Waals surface area contributed by atoms with Crippen LogP contribution in [0.3, 0.4) is 0 Å². The number of carbonyl (C=O) groups excluding carboxylic acids is 1. The third-order valence-electron chi connectivity index (χ3n) is 3.10. The van der Waals surface area contributed by atoms with E-state index in [0.717, 1.165) is 31.2 Å². The second-order valence-electron chi connectivity index (χ2n) is 4.75. The summed E-state index contributed by atoms with van der Waals surface area (Å²) in [5.41, 5.74) is 2.55. The van der Waals surface area contributed by atoms with Gasteiger partial charge in [-0.05, 0) is 43.9 Å². The van der Waals surface area contributed by atoms with Crippen LogP contribution in [0, 0.1) is 6.92 Å². The molecule has 1 aromatic heterocycles. The number of aromatic nitrogens is 1. The smallest absolute Gasteiger partial charge is 0.172 e. The minimum atomic E-state index is 0.382. The number of benzene rings is 1. The summed E-state index contributed by atoms with van der Waals surface area (Å²) in [6.45, 7) is 2.47. The van der Waals surface area contributed by atoms with Crippen LogP contribution in [0.5, 0.6) is 5.75 Å². The van der Waals surface area contributed by atoms with Crippen molar-refractivity contribution in [3.8, 4) is 5.75 Å². The van der Waals surface area contributed by atoms with Crippen LogP contribution in [0.4, 0.5) is 0 Å². The molecular weight excluding hydrogens is 250 g/mol. The number of rotatable bonds is 7. The molecule has 0 saturated carbocycles. The van der Waals surface area contributed by atoms with Gasteiger partial charge in [0.05, 0.1) is 6.61 Å². The molecule has 2 aromatic rings. The van der Waals surface area contributed by atoms with Crippen LogP contribution in [0.15, 0.2) is 42.5 Å². The van der Waals surface area contributed by atoms with Gasteiger partial charge in [-0.15, -0.1) is 0 Å². The van der Waals surface area contributed by atoms with E-state index < -0.39 is 0 Å². The summed E-state index contributed by atoms with van der Waals surface area (Å²) in [6.07, 6.45) is 3.82. The van der Waals surface area contributed by atoms with Crippen molar-refractivity contribution < 1.29 is 9.53 Å². The van der Waals surface area contributed by atoms with E-state index in [1.165, 1.54) is 5.56 Å². The molecule has 0 spiro atoms. The minimum absolute atomic E-state index is 0.382. The van der Waals surface area contributed by atoms with Gasteiger partial charge in [0, 0.05) is 5.69 Å². The van der Waals surface area contributed by atoms with E-state index >= 15 is 0 Å². The fourth-order valence-corrected chi connectivity index (χ4v) is 2.03. The van der Waals surface area contributed by atoms with Crippen LogP contribution < -0.4 is 4.74 Å². The number of hydrogen-bond donors (Lipinski definition) is 0. The summed E-state index contributed by atoms with van der Waals surface area (Å²) in [5, 5.41) is 0. The fourth-order valence-electron chi connectivity index (χ4n) is 2.03. The Hall–Kier alpha value is -2.16. The lowest BCUT2D eigenvalue weighted by Gasteiger charge is -2.08. The average molecular weight is 269 g/mol. The van der Waals surface area contributed by atoms with Crippen molar-refractivity contribution in [2.24, 2.45) is 0 Å². The second-order valence-corrected chi connectivity index (χ2v) is 4.75. The molecule has 104 valence electrons. The molecule has 1 heterocycles. The zero-order valence-corrected chi connectivity index (χ0v) is 11.7. The Morgan fingerprint density at radius 3 is 2.65 bits per heavy atom. The standard InChI is InChI=1S/C17H19NO2/c1-14-10-11-17(16(13-19)18-14)20-12-6-5-9-15-7-3-2-4-8-15/h2-4,7-8,10-11,13H,5-6,9,12H2,1H3. The van der Waals surface area contributed by atoms with Gasteiger partial charge >= 0.3 is 0 Å². The maximum Gasteiger partial charge on any atom is 0.172 e. The van der Waals surface area contributed by atoms with Crippen LogP contribution >= 0.6 is 0 Å². The molecule has 0 unspecified atom stereocenters. The maximum atomic E-state index is 10.9. The molecule has 3 heteroatoms. The Balaban J connectivity index is 1.75. The van der Waals surface area contributed by atoms with Gasteiger partial charge in [0.1, 0.15) is 11.4 Å². The summed E-state index contributed by atoms with van der Waals surface area (Å²) in [7, 11) is 0. The van der Waals surface area contributed by atoms with Gasteiger partial charge in [0.15, 0.2) is 6.29 Å². The van der Waals surface area contributed by atoms with Crippen LogP contribution in [0.1, 0.15) is 34.6 Å². The van der Waals surface area contributed by atoms with E-state index in [1.54, 1.807) is 0 Å². The molecule has 1 aromatic carbocycles. The first-order valence-corrected chi connectivity index (χ1v) is 6.89. The average Bonchev–Trinajstić information content (AvgIpc) is 2.49. The number of pyridine rings is 1. The van der Waals surface area contributed by atoms with Crippen LogP contribution in [-0.4, -0.2) is 17.9 Å². The lowest BCUT2D eigenvalue weighted by atomic mass is 10.1. The van der Waals surface area contributed by atoms with Gasteiger partial charge < -0.3 is 4.74 Å². The van der Waals surface area contributed by atoms with Crippen molar-refractivity contribution in [3.63, 3.8) is 0 Å². The lowest BCUT2D eigenvalue weighted by Crippen LogP contribution is -2.02. The molecule has 0 bridgehead atoms. The first-order valence-electron chi connectivity index (χ1n) is 6.89. The van der Waals surface area contributed by atoms with Gasteiger partial charge in [-0.1, -0.05) is 30.3 Å². The molecule has 0 saturated heterocycles. The molecule has 0 fully saturated rings. The molecule has 0 aliphatic carbocycles. The maximum absolute atomic E-state index is 10.9. The summed E-state index contributed by atoms with van der Waals surface area (Å²) in [5.74, 6) is 0.574. The highest BCUT2D eigenvalue weighted by Gasteiger charge is 2.04. The lowest BCUT2D eigenvalue weighted by molar-refractivity contribution is 0.111. The van der Waals surface area contributed by atoms with Crippen molar-refractivity contribution in [3.05, 3.63) is 59.4 Å². The predicted octanol–water partition coefficient (Wildman–Crippen LogP) is 3.60. The molecule has 2 rings (SSSR count). The Bertz CT molecular complexity index is 552. The zero-order valence-electron chi connectivity index (χ0n) is 11.7. The summed E-state index contributed by atoms with van der Waals surface area (Å²) < 4.78 is 5.63. The number of hydrogen-bond acceptors (Lipinski definition) is 3. The van der Waals surface area contributed by atoms with Crippen molar-refractivity contribution >= 4 is 6.29 Å². The fraction of sp³-hybridized carbons (Fsp3) is 0.294. The number of unbranched alkanes of at least 4 members (excludes halogenated alkanes) is 1. The molecule has 0 amide bonds. The van der Waals surface area contributed by atoms with E-state index in [-0.39, 0.29) is 0 Å². The largest absolute Gasteiger partial charge is 0.491 e. The first-order chi connectivity index (χ1) is 9.79. The Morgan fingerprint density at radius 1 is 1.10 bits per heavy atom. The topological polar surface area (TPSA) is 39.2 Å². The summed E-state index contributed by atoms with van der Waals surface area (Å²) in [6, 6.07) is 14.1. The monoisotopic (exact) mass is 269 g/mol. The van der Waals surface area contributed by atoms with Gasteiger partial charge in [-0.2, -0.15) is 0 Å². The van der Waals surface area contributed by atoms with E-state index in [0.29, 0.717) is 18.1 Å². The van der Waals surface area contributed by atoms with Gasteiger partial charge in [0.2, 0.25) is 0 Å². The molecule has 0 atom stereocenters. The second kappa shape index (κ2) is 7.43. The number of aryl methyl sites for hydroxylation is 2. The quantitative estimate of drug-likeness (QED) is 0.569. The van der Waals surface area contributed by atoms with Crippen molar-refractivity contribution in [2.75, 3.05) is 6.61 Å². The number of nitrogens with zero attached hydrogens (tertiary/aromatic N) is 1. The third-order valence-corrected chi connectivity index (χ3v) is 3.10. The van der Waals surface area contributed by atoms with Crippen molar-refractivity contribution in [1.82, 2.24) is 4.98 Å². The molecule has 0 radical (unpaired) electrons. The highest BCUT2D eigenvalue weighted by molar-refractivity contribution is 5.76. The van der Waals surface area contributed by atoms with Crippen molar-refractivity contribution in [1.29, 1.82) is 0 Å². The minimum Gasteiger partial charge on any atom is -0.491 e. The van der Waals surface area contributed by atoms with Crippen LogP contribution in [0.25, 0.3) is 0 Å². The molecule has 20 heavy (non-hydrogen) atoms. The van der Waals surface area contributed by atoms with Crippen molar-refractivity contribution in [2.45, 2.75) is 26.2 Å². The Kier molecular flexibility index (Phi) is 5.30. The van der Waals surface area contributed by atoms with E-state index in [4.69, 9.17) is 4.74 Å². The molecular formula is C17H19NO2. The van der Waals surface area contributed by atoms with Crippen LogP contribution in [-0.2, 0) is 6.42 Å². The normalized spacial score (nSPS) is 10.2. The Morgan fingerprint density at radius 2 is 1.90 bits per heavy atom. The van der Waals surface area contributed by atoms with Gasteiger partial charge in [0.25, 0.3) is 0 Å². The molecule has 0 aliphatic heterocycles. The van der Waals surface area contributed by atoms with Gasteiger partial charge in [-0.3, -0.25) is 4.79 Å². The number of aldehydes is 1. The number of carbonyl (C=O) groups is 1. The highest BCUT2D eigenvalue weighted by atomic mass is 16.5. The number of ether oxygens (including phenoxy) is 1. The first kappa shape index (κ1) is 14.3. The molecule has 3 nitrogen and oxygen atoms in total. The predicted molar refractivity (Wildman–Crippen MR) is 79.2 cm³/mol. The molecule has 0 aliphatic rings. The van der Waals surface area contributed by atoms with Crippen LogP contribution in [0.2, 0.25) is 0 Å². The highest BCUT2D eigenvalue weighted by Crippen LogP contribution is 2.15. The zero-order chi connectivity index (χ0) is 14.2. The molecule has 0 N–H and O–H groups in total. The van der Waals surface area contributed by atoms with Gasteiger partial charge in [-0.25, -0.2) is 4.98 Å². The summed E-state index contributed by atoms with van der Waals surface area (Å²) >= 11 is 0. The van der Waals surface area contributed by atoms with E-state index in [1.807, 2.05) is 25.1 Å². The third kappa shape index (κ3) is 4.19.